The third-order valence-electron chi connectivity index (χ3n) is 1.44. The molecule has 1 aromatic rings. The molecule has 64 valence electrons. The summed E-state index contributed by atoms with van der Waals surface area (Å²) in [5.41, 5.74) is 4.23. The van der Waals surface area contributed by atoms with Gasteiger partial charge < -0.3 is 4.57 Å². The normalized spacial score (nSPS) is 9.50. The van der Waals surface area contributed by atoms with E-state index in [0.29, 0.717) is 5.82 Å². The Morgan fingerprint density at radius 3 is 2.75 bits per heavy atom. The van der Waals surface area contributed by atoms with Gasteiger partial charge in [0.15, 0.2) is 5.03 Å². The number of rotatable bonds is 2. The summed E-state index contributed by atoms with van der Waals surface area (Å²) >= 11 is 0. The zero-order valence-corrected chi connectivity index (χ0v) is 6.89. The summed E-state index contributed by atoms with van der Waals surface area (Å²) in [4.78, 5) is 10.0. The van der Waals surface area contributed by atoms with Crippen molar-refractivity contribution in [3.63, 3.8) is 0 Å². The molecule has 0 saturated heterocycles. The molecule has 0 amide bonds. The van der Waals surface area contributed by atoms with E-state index in [1.807, 2.05) is 6.92 Å². The first-order valence-corrected chi connectivity index (χ1v) is 3.42. The highest BCUT2D eigenvalue weighted by Crippen LogP contribution is 2.10. The van der Waals surface area contributed by atoms with Gasteiger partial charge in [-0.1, -0.05) is 6.07 Å². The van der Waals surface area contributed by atoms with E-state index in [4.69, 9.17) is 0 Å². The molecule has 12 heavy (non-hydrogen) atoms. The van der Waals surface area contributed by atoms with Crippen LogP contribution in [0.5, 0.6) is 0 Å². The highest BCUT2D eigenvalue weighted by atomic mass is 16.7. The first-order valence-electron chi connectivity index (χ1n) is 3.42. The summed E-state index contributed by atoms with van der Waals surface area (Å²) in [6.45, 7) is 1.91. The lowest BCUT2D eigenvalue weighted by Gasteiger charge is -2.02. The first-order chi connectivity index (χ1) is 5.59. The number of pyridine rings is 1. The Morgan fingerprint density at radius 1 is 1.58 bits per heavy atom. The van der Waals surface area contributed by atoms with Crippen LogP contribution >= 0.6 is 0 Å². The highest BCUT2D eigenvalue weighted by molar-refractivity contribution is 5.30. The molecular formula is C7H9N3O2. The molecule has 0 N–H and O–H groups in total. The molecule has 0 fully saturated rings. The standard InChI is InChI=1S/C7H9N3O2/c1-6-3-4-7(8-10(11)12)9(2)5-6/h3-5H,1-2H3. The molecule has 0 atom stereocenters. The summed E-state index contributed by atoms with van der Waals surface area (Å²) in [5.74, 6) is 0.339. The molecule has 5 heteroatoms. The predicted octanol–water partition coefficient (Wildman–Crippen LogP) is 1.02. The fourth-order valence-electron chi connectivity index (χ4n) is 0.926. The van der Waals surface area contributed by atoms with Gasteiger partial charge in [0.1, 0.15) is 0 Å². The number of hydrogen-bond acceptors (Lipinski definition) is 2. The SMILES string of the molecule is Cc1ccc([N-][N+](=O)[O-])[n+](C)c1. The molecular weight excluding hydrogens is 158 g/mol. The smallest absolute Gasteiger partial charge is 0.206 e. The van der Waals surface area contributed by atoms with Gasteiger partial charge in [-0.25, -0.2) is 10.1 Å². The number of hydrogen-bond donors (Lipinski definition) is 0. The summed E-state index contributed by atoms with van der Waals surface area (Å²) in [6.07, 6.45) is 1.78. The van der Waals surface area contributed by atoms with Crippen molar-refractivity contribution in [2.45, 2.75) is 6.92 Å². The maximum absolute atomic E-state index is 10.0. The Bertz CT molecular complexity index is 312. The van der Waals surface area contributed by atoms with Crippen LogP contribution in [0.15, 0.2) is 18.3 Å². The Balaban J connectivity index is 2.93. The van der Waals surface area contributed by atoms with Crippen LogP contribution in [-0.4, -0.2) is 5.03 Å². The number of nitrogens with zero attached hydrogens (tertiary/aromatic N) is 3. The zero-order valence-electron chi connectivity index (χ0n) is 6.89. The Labute approximate surface area is 69.8 Å². The molecule has 5 nitrogen and oxygen atoms in total. The molecule has 0 saturated carbocycles. The second kappa shape index (κ2) is 3.17. The van der Waals surface area contributed by atoms with Crippen molar-refractivity contribution in [2.75, 3.05) is 0 Å². The minimum Gasteiger partial charge on any atom is -0.331 e. The largest absolute Gasteiger partial charge is 0.331 e. The molecule has 0 unspecified atom stereocenters. The molecule has 0 radical (unpaired) electrons. The second-order valence-electron chi connectivity index (χ2n) is 2.51. The van der Waals surface area contributed by atoms with Gasteiger partial charge in [0.05, 0.1) is 5.43 Å². The fraction of sp³-hybridized carbons (Fsp3) is 0.286. The van der Waals surface area contributed by atoms with Gasteiger partial charge >= 0.3 is 0 Å². The molecule has 1 heterocycles. The summed E-state index contributed by atoms with van der Waals surface area (Å²) < 4.78 is 1.61. The molecule has 1 rings (SSSR count). The van der Waals surface area contributed by atoms with Gasteiger partial charge in [-0.2, -0.15) is 0 Å². The van der Waals surface area contributed by atoms with Gasteiger partial charge in [-0.15, -0.1) is 0 Å². The Hall–Kier alpha value is -1.65. The van der Waals surface area contributed by atoms with Crippen molar-refractivity contribution in [2.24, 2.45) is 7.05 Å². The molecule has 0 aliphatic rings. The van der Waals surface area contributed by atoms with Crippen LogP contribution in [0.2, 0.25) is 0 Å². The Kier molecular flexibility index (Phi) is 2.23. The van der Waals surface area contributed by atoms with Gasteiger partial charge in [-0.05, 0) is 18.6 Å². The van der Waals surface area contributed by atoms with Gasteiger partial charge in [-0.3, -0.25) is 0 Å². The average Bonchev–Trinajstić information content (AvgIpc) is 1.94. The van der Waals surface area contributed by atoms with E-state index >= 15 is 0 Å². The zero-order chi connectivity index (χ0) is 9.14. The third-order valence-corrected chi connectivity index (χ3v) is 1.44. The molecule has 0 spiro atoms. The molecule has 0 bridgehead atoms. The van der Waals surface area contributed by atoms with Crippen molar-refractivity contribution in [3.8, 4) is 0 Å². The summed E-state index contributed by atoms with van der Waals surface area (Å²) in [5, 5.41) is 9.33. The third kappa shape index (κ3) is 1.91. The topological polar surface area (TPSA) is 61.1 Å². The highest BCUT2D eigenvalue weighted by Gasteiger charge is 2.05. The van der Waals surface area contributed by atoms with Crippen LogP contribution < -0.4 is 4.57 Å². The maximum atomic E-state index is 10.0. The second-order valence-corrected chi connectivity index (χ2v) is 2.51. The maximum Gasteiger partial charge on any atom is 0.206 e. The molecule has 0 aromatic carbocycles. The van der Waals surface area contributed by atoms with E-state index < -0.39 is 5.03 Å². The average molecular weight is 167 g/mol. The van der Waals surface area contributed by atoms with Crippen molar-refractivity contribution >= 4 is 5.82 Å². The van der Waals surface area contributed by atoms with Crippen LogP contribution in [0.4, 0.5) is 5.82 Å². The van der Waals surface area contributed by atoms with Crippen molar-refractivity contribution in [1.29, 1.82) is 0 Å². The lowest BCUT2D eigenvalue weighted by molar-refractivity contribution is -0.662. The lowest BCUT2D eigenvalue weighted by Crippen LogP contribution is -2.28. The van der Waals surface area contributed by atoms with Crippen LogP contribution in [0, 0.1) is 17.0 Å². The number of aryl methyl sites for hydroxylation is 2. The van der Waals surface area contributed by atoms with Crippen LogP contribution in [-0.2, 0) is 7.05 Å². The predicted molar refractivity (Wildman–Crippen MR) is 42.4 cm³/mol. The van der Waals surface area contributed by atoms with E-state index in [0.717, 1.165) is 5.56 Å². The molecule has 1 aromatic heterocycles. The van der Waals surface area contributed by atoms with Crippen molar-refractivity contribution in [3.05, 3.63) is 39.4 Å². The fourth-order valence-corrected chi connectivity index (χ4v) is 0.926. The van der Waals surface area contributed by atoms with Crippen molar-refractivity contribution < 1.29 is 9.60 Å². The number of nitro groups is 1. The summed E-state index contributed by atoms with van der Waals surface area (Å²) in [6, 6.07) is 3.39. The van der Waals surface area contributed by atoms with Gasteiger partial charge in [0.25, 0.3) is 0 Å². The monoisotopic (exact) mass is 167 g/mol. The van der Waals surface area contributed by atoms with E-state index in [1.54, 1.807) is 29.9 Å². The van der Waals surface area contributed by atoms with Crippen LogP contribution in [0.3, 0.4) is 0 Å². The van der Waals surface area contributed by atoms with E-state index in [-0.39, 0.29) is 0 Å². The quantitative estimate of drug-likeness (QED) is 0.375. The van der Waals surface area contributed by atoms with Crippen LogP contribution in [0.25, 0.3) is 5.43 Å². The van der Waals surface area contributed by atoms with E-state index in [2.05, 4.69) is 5.43 Å². The van der Waals surface area contributed by atoms with E-state index in [9.17, 15) is 10.1 Å². The first kappa shape index (κ1) is 8.45. The lowest BCUT2D eigenvalue weighted by atomic mass is 10.3. The van der Waals surface area contributed by atoms with Gasteiger partial charge in [0.2, 0.25) is 5.82 Å². The minimum absolute atomic E-state index is 0.339. The summed E-state index contributed by atoms with van der Waals surface area (Å²) in [7, 11) is 1.72. The molecule has 0 aliphatic carbocycles. The number of aromatic nitrogens is 1. The van der Waals surface area contributed by atoms with E-state index in [1.165, 1.54) is 0 Å². The minimum atomic E-state index is -0.704. The Morgan fingerprint density at radius 2 is 2.25 bits per heavy atom. The molecule has 0 aliphatic heterocycles. The van der Waals surface area contributed by atoms with Crippen LogP contribution in [0.1, 0.15) is 5.56 Å². The van der Waals surface area contributed by atoms with Gasteiger partial charge in [0, 0.05) is 13.2 Å². The van der Waals surface area contributed by atoms with Crippen molar-refractivity contribution in [1.82, 2.24) is 0 Å².